The number of carbonyl (C=O) groups is 1. The Balaban J connectivity index is 1.89. The fourth-order valence-corrected chi connectivity index (χ4v) is 2.07. The molecule has 0 spiro atoms. The highest BCUT2D eigenvalue weighted by Gasteiger charge is 2.11. The number of urea groups is 1. The summed E-state index contributed by atoms with van der Waals surface area (Å²) in [6.45, 7) is 0.385. The van der Waals surface area contributed by atoms with Gasteiger partial charge in [0.25, 0.3) is 0 Å². The first kappa shape index (κ1) is 15.9. The van der Waals surface area contributed by atoms with E-state index in [1.54, 1.807) is 26.4 Å². The van der Waals surface area contributed by atoms with Gasteiger partial charge in [0.15, 0.2) is 0 Å². The van der Waals surface area contributed by atoms with Crippen LogP contribution in [0.15, 0.2) is 54.6 Å². The third-order valence-corrected chi connectivity index (χ3v) is 3.23. The lowest BCUT2D eigenvalue weighted by molar-refractivity contribution is 0.104. The van der Waals surface area contributed by atoms with Crippen LogP contribution in [-0.4, -0.2) is 26.8 Å². The molecular formula is C17H20N2O3. The Labute approximate surface area is 130 Å². The van der Waals surface area contributed by atoms with Crippen molar-refractivity contribution in [2.75, 3.05) is 26.1 Å². The Bertz CT molecular complexity index is 602. The molecule has 0 aliphatic heterocycles. The number of carbonyl (C=O) groups excluding carboxylic acids is 1. The monoisotopic (exact) mass is 300 g/mol. The molecule has 22 heavy (non-hydrogen) atoms. The summed E-state index contributed by atoms with van der Waals surface area (Å²) in [5.41, 5.74) is 1.69. The molecule has 2 N–H and O–H groups in total. The summed E-state index contributed by atoms with van der Waals surface area (Å²) in [6.07, 6.45) is -0.183. The fraction of sp³-hybridized carbons (Fsp3) is 0.235. The molecule has 0 radical (unpaired) electrons. The van der Waals surface area contributed by atoms with Crippen LogP contribution in [0.25, 0.3) is 0 Å². The summed E-state index contributed by atoms with van der Waals surface area (Å²) < 4.78 is 10.5. The highest BCUT2D eigenvalue weighted by Crippen LogP contribution is 2.17. The molecular weight excluding hydrogens is 280 g/mol. The molecule has 2 amide bonds. The Kier molecular flexibility index (Phi) is 5.80. The molecule has 116 valence electrons. The molecule has 1 unspecified atom stereocenters. The molecule has 5 nitrogen and oxygen atoms in total. The number of hydrogen-bond acceptors (Lipinski definition) is 3. The van der Waals surface area contributed by atoms with Crippen LogP contribution in [-0.2, 0) is 4.74 Å². The van der Waals surface area contributed by atoms with E-state index in [0.717, 1.165) is 5.56 Å². The molecule has 0 saturated carbocycles. The topological polar surface area (TPSA) is 59.6 Å². The van der Waals surface area contributed by atoms with E-state index >= 15 is 0 Å². The Morgan fingerprint density at radius 2 is 1.86 bits per heavy atom. The van der Waals surface area contributed by atoms with Gasteiger partial charge in [0.05, 0.1) is 13.2 Å². The Morgan fingerprint density at radius 3 is 2.55 bits per heavy atom. The van der Waals surface area contributed by atoms with Gasteiger partial charge in [-0.25, -0.2) is 4.79 Å². The maximum absolute atomic E-state index is 11.9. The first-order chi connectivity index (χ1) is 10.7. The van der Waals surface area contributed by atoms with Crippen molar-refractivity contribution in [3.63, 3.8) is 0 Å². The summed E-state index contributed by atoms with van der Waals surface area (Å²) in [4.78, 5) is 11.9. The summed E-state index contributed by atoms with van der Waals surface area (Å²) in [5.74, 6) is 0.692. The fourth-order valence-electron chi connectivity index (χ4n) is 2.07. The second-order valence-corrected chi connectivity index (χ2v) is 4.70. The number of amides is 2. The van der Waals surface area contributed by atoms with Crippen molar-refractivity contribution in [2.24, 2.45) is 0 Å². The molecule has 0 heterocycles. The molecule has 0 aromatic heterocycles. The van der Waals surface area contributed by atoms with Gasteiger partial charge in [-0.15, -0.1) is 0 Å². The van der Waals surface area contributed by atoms with Gasteiger partial charge >= 0.3 is 6.03 Å². The molecule has 2 aromatic rings. The van der Waals surface area contributed by atoms with Gasteiger partial charge in [0.1, 0.15) is 5.75 Å². The summed E-state index contributed by atoms with van der Waals surface area (Å²) in [7, 11) is 3.21. The van der Waals surface area contributed by atoms with Crippen LogP contribution in [0.4, 0.5) is 10.5 Å². The van der Waals surface area contributed by atoms with Crippen LogP contribution in [0.3, 0.4) is 0 Å². The smallest absolute Gasteiger partial charge is 0.319 e. The normalized spacial score (nSPS) is 11.5. The van der Waals surface area contributed by atoms with Crippen LogP contribution in [0, 0.1) is 0 Å². The van der Waals surface area contributed by atoms with Gasteiger partial charge in [-0.1, -0.05) is 36.4 Å². The van der Waals surface area contributed by atoms with E-state index in [4.69, 9.17) is 9.47 Å². The highest BCUT2D eigenvalue weighted by molar-refractivity contribution is 5.89. The zero-order chi connectivity index (χ0) is 15.8. The number of anilines is 1. The average Bonchev–Trinajstić information content (AvgIpc) is 2.56. The minimum absolute atomic E-state index is 0.183. The lowest BCUT2D eigenvalue weighted by Crippen LogP contribution is -2.32. The standard InChI is InChI=1S/C17H20N2O3/c1-21-15-10-6-9-14(11-15)19-17(20)18-12-16(22-2)13-7-4-3-5-8-13/h3-11,16H,12H2,1-2H3,(H2,18,19,20). The van der Waals surface area contributed by atoms with Crippen molar-refractivity contribution in [1.29, 1.82) is 0 Å². The van der Waals surface area contributed by atoms with Gasteiger partial charge in [-0.3, -0.25) is 0 Å². The van der Waals surface area contributed by atoms with Crippen LogP contribution in [0.1, 0.15) is 11.7 Å². The number of methoxy groups -OCH3 is 2. The predicted octanol–water partition coefficient (Wildman–Crippen LogP) is 3.20. The largest absolute Gasteiger partial charge is 0.497 e. The lowest BCUT2D eigenvalue weighted by atomic mass is 10.1. The summed E-state index contributed by atoms with van der Waals surface area (Å²) in [6, 6.07) is 16.7. The van der Waals surface area contributed by atoms with Gasteiger partial charge in [-0.2, -0.15) is 0 Å². The van der Waals surface area contributed by atoms with Crippen LogP contribution in [0.5, 0.6) is 5.75 Å². The predicted molar refractivity (Wildman–Crippen MR) is 86.2 cm³/mol. The number of rotatable bonds is 6. The average molecular weight is 300 g/mol. The van der Waals surface area contributed by atoms with Crippen molar-refractivity contribution >= 4 is 11.7 Å². The third-order valence-electron chi connectivity index (χ3n) is 3.23. The maximum atomic E-state index is 11.9. The molecule has 1 atom stereocenters. The van der Waals surface area contributed by atoms with Crippen LogP contribution >= 0.6 is 0 Å². The van der Waals surface area contributed by atoms with Gasteiger partial charge in [0.2, 0.25) is 0 Å². The molecule has 0 bridgehead atoms. The van der Waals surface area contributed by atoms with Crippen molar-refractivity contribution in [1.82, 2.24) is 5.32 Å². The molecule has 0 aliphatic carbocycles. The lowest BCUT2D eigenvalue weighted by Gasteiger charge is -2.17. The quantitative estimate of drug-likeness (QED) is 0.861. The Hall–Kier alpha value is -2.53. The zero-order valence-electron chi connectivity index (χ0n) is 12.7. The van der Waals surface area contributed by atoms with E-state index in [2.05, 4.69) is 10.6 Å². The minimum Gasteiger partial charge on any atom is -0.497 e. The number of benzene rings is 2. The Morgan fingerprint density at radius 1 is 1.09 bits per heavy atom. The van der Waals surface area contributed by atoms with Crippen molar-refractivity contribution in [3.05, 3.63) is 60.2 Å². The van der Waals surface area contributed by atoms with Crippen LogP contribution < -0.4 is 15.4 Å². The maximum Gasteiger partial charge on any atom is 0.319 e. The number of nitrogens with one attached hydrogen (secondary N) is 2. The van der Waals surface area contributed by atoms with Crippen molar-refractivity contribution in [3.8, 4) is 5.75 Å². The van der Waals surface area contributed by atoms with Crippen molar-refractivity contribution in [2.45, 2.75) is 6.10 Å². The van der Waals surface area contributed by atoms with Gasteiger partial charge in [-0.05, 0) is 17.7 Å². The summed E-state index contributed by atoms with van der Waals surface area (Å²) in [5, 5.41) is 5.56. The molecule has 0 saturated heterocycles. The van der Waals surface area contributed by atoms with Gasteiger partial charge in [0, 0.05) is 25.4 Å². The molecule has 0 fully saturated rings. The first-order valence-electron chi connectivity index (χ1n) is 6.99. The zero-order valence-corrected chi connectivity index (χ0v) is 12.7. The minimum atomic E-state index is -0.286. The molecule has 5 heteroatoms. The van der Waals surface area contributed by atoms with E-state index in [0.29, 0.717) is 18.0 Å². The van der Waals surface area contributed by atoms with E-state index < -0.39 is 0 Å². The molecule has 0 aliphatic rings. The van der Waals surface area contributed by atoms with E-state index in [1.165, 1.54) is 0 Å². The second kappa shape index (κ2) is 8.05. The third kappa shape index (κ3) is 4.49. The first-order valence-corrected chi connectivity index (χ1v) is 6.99. The van der Waals surface area contributed by atoms with E-state index in [1.807, 2.05) is 42.5 Å². The highest BCUT2D eigenvalue weighted by atomic mass is 16.5. The van der Waals surface area contributed by atoms with Gasteiger partial charge < -0.3 is 20.1 Å². The SMILES string of the molecule is COc1cccc(NC(=O)NCC(OC)c2ccccc2)c1. The van der Waals surface area contributed by atoms with Crippen LogP contribution in [0.2, 0.25) is 0 Å². The molecule has 2 rings (SSSR count). The second-order valence-electron chi connectivity index (χ2n) is 4.70. The van der Waals surface area contributed by atoms with Crippen molar-refractivity contribution < 1.29 is 14.3 Å². The molecule has 2 aromatic carbocycles. The van der Waals surface area contributed by atoms with E-state index in [9.17, 15) is 4.79 Å². The number of ether oxygens (including phenoxy) is 2. The number of hydrogen-bond donors (Lipinski definition) is 2. The summed E-state index contributed by atoms with van der Waals surface area (Å²) >= 11 is 0. The van der Waals surface area contributed by atoms with E-state index in [-0.39, 0.29) is 12.1 Å².